The second-order valence-corrected chi connectivity index (χ2v) is 6.37. The van der Waals surface area contributed by atoms with Crippen LogP contribution >= 0.6 is 0 Å². The first-order valence-corrected chi connectivity index (χ1v) is 9.74. The van der Waals surface area contributed by atoms with Crippen molar-refractivity contribution in [3.05, 3.63) is 24.3 Å². The molecule has 25 heavy (non-hydrogen) atoms. The van der Waals surface area contributed by atoms with E-state index in [1.165, 1.54) is 57.8 Å². The second kappa shape index (κ2) is 17.2. The highest BCUT2D eigenvalue weighted by molar-refractivity contribution is 5.87. The maximum absolute atomic E-state index is 11.7. The fourth-order valence-corrected chi connectivity index (χ4v) is 2.48. The van der Waals surface area contributed by atoms with Crippen molar-refractivity contribution in [2.75, 3.05) is 13.2 Å². The predicted molar refractivity (Wildman–Crippen MR) is 102 cm³/mol. The number of rotatable bonds is 16. The van der Waals surface area contributed by atoms with E-state index >= 15 is 0 Å². The average molecular weight is 353 g/mol. The summed E-state index contributed by atoms with van der Waals surface area (Å²) in [6.45, 7) is 7.43. The van der Waals surface area contributed by atoms with E-state index in [-0.39, 0.29) is 19.2 Å². The van der Waals surface area contributed by atoms with Gasteiger partial charge in [0, 0.05) is 11.6 Å². The Bertz CT molecular complexity index is 399. The molecule has 0 aliphatic heterocycles. The van der Waals surface area contributed by atoms with Crippen LogP contribution in [0.3, 0.4) is 0 Å². The van der Waals surface area contributed by atoms with E-state index in [9.17, 15) is 9.59 Å². The third kappa shape index (κ3) is 15.7. The van der Waals surface area contributed by atoms with Gasteiger partial charge in [0.15, 0.2) is 0 Å². The summed E-state index contributed by atoms with van der Waals surface area (Å²) in [5.74, 6) is -0.856. The smallest absolute Gasteiger partial charge is 0.333 e. The minimum Gasteiger partial charge on any atom is -0.459 e. The number of carbonyl (C=O) groups is 2. The molecule has 0 rings (SSSR count). The standard InChI is InChI=1S/C21H36O4/c1-4-6-7-8-9-10-11-12-13-14-15-16-19(3)21(23)25-18-17-24-20(22)5-2/h5,16H,2,4,6-15,17-18H2,1,3H3. The van der Waals surface area contributed by atoms with Gasteiger partial charge in [-0.05, 0) is 19.8 Å². The van der Waals surface area contributed by atoms with E-state index in [4.69, 9.17) is 9.47 Å². The second-order valence-electron chi connectivity index (χ2n) is 6.37. The summed E-state index contributed by atoms with van der Waals surface area (Å²) in [6, 6.07) is 0. The summed E-state index contributed by atoms with van der Waals surface area (Å²) >= 11 is 0. The van der Waals surface area contributed by atoms with Crippen LogP contribution in [0.5, 0.6) is 0 Å². The summed E-state index contributed by atoms with van der Waals surface area (Å²) < 4.78 is 9.77. The Balaban J connectivity index is 3.52. The normalized spacial score (nSPS) is 11.2. The summed E-state index contributed by atoms with van der Waals surface area (Å²) in [4.78, 5) is 22.5. The molecule has 0 aromatic carbocycles. The average Bonchev–Trinajstić information content (AvgIpc) is 2.62. The quantitative estimate of drug-likeness (QED) is 0.209. The molecule has 4 nitrogen and oxygen atoms in total. The van der Waals surface area contributed by atoms with Crippen molar-refractivity contribution in [2.24, 2.45) is 0 Å². The lowest BCUT2D eigenvalue weighted by Crippen LogP contribution is -2.13. The Morgan fingerprint density at radius 2 is 1.36 bits per heavy atom. The van der Waals surface area contributed by atoms with Crippen molar-refractivity contribution in [3.63, 3.8) is 0 Å². The molecule has 0 aliphatic rings. The minimum absolute atomic E-state index is 0.0579. The van der Waals surface area contributed by atoms with Gasteiger partial charge in [0.2, 0.25) is 0 Å². The van der Waals surface area contributed by atoms with Gasteiger partial charge in [-0.1, -0.05) is 77.4 Å². The van der Waals surface area contributed by atoms with E-state index in [1.807, 2.05) is 6.08 Å². The maximum atomic E-state index is 11.7. The molecule has 0 bridgehead atoms. The summed E-state index contributed by atoms with van der Waals surface area (Å²) in [6.07, 6.45) is 17.0. The number of ether oxygens (including phenoxy) is 2. The molecule has 0 N–H and O–H groups in total. The van der Waals surface area contributed by atoms with Crippen LogP contribution in [-0.2, 0) is 19.1 Å². The zero-order valence-electron chi connectivity index (χ0n) is 16.2. The van der Waals surface area contributed by atoms with Crippen LogP contribution < -0.4 is 0 Å². The Kier molecular flexibility index (Phi) is 16.2. The fraction of sp³-hybridized carbons (Fsp3) is 0.714. The van der Waals surface area contributed by atoms with Gasteiger partial charge in [0.1, 0.15) is 13.2 Å². The molecule has 0 aromatic heterocycles. The Morgan fingerprint density at radius 3 is 1.92 bits per heavy atom. The van der Waals surface area contributed by atoms with Gasteiger partial charge in [-0.25, -0.2) is 9.59 Å². The summed E-state index contributed by atoms with van der Waals surface area (Å²) in [5.41, 5.74) is 0.617. The number of unbranched alkanes of at least 4 members (excludes halogenated alkanes) is 10. The lowest BCUT2D eigenvalue weighted by Gasteiger charge is -2.05. The number of esters is 2. The Hall–Kier alpha value is -1.58. The van der Waals surface area contributed by atoms with Crippen LogP contribution in [-0.4, -0.2) is 25.2 Å². The highest BCUT2D eigenvalue weighted by Gasteiger charge is 2.05. The largest absolute Gasteiger partial charge is 0.459 e. The summed E-state index contributed by atoms with van der Waals surface area (Å²) in [7, 11) is 0. The molecule has 0 aromatic rings. The Labute approximate surface area is 153 Å². The number of carbonyl (C=O) groups excluding carboxylic acids is 2. The topological polar surface area (TPSA) is 52.6 Å². The molecule has 0 atom stereocenters. The van der Waals surface area contributed by atoms with Gasteiger partial charge in [-0.2, -0.15) is 0 Å². The van der Waals surface area contributed by atoms with E-state index in [0.717, 1.165) is 18.9 Å². The number of hydrogen-bond donors (Lipinski definition) is 0. The first-order valence-electron chi connectivity index (χ1n) is 9.74. The molecule has 0 fully saturated rings. The monoisotopic (exact) mass is 352 g/mol. The summed E-state index contributed by atoms with van der Waals surface area (Å²) in [5, 5.41) is 0. The zero-order valence-corrected chi connectivity index (χ0v) is 16.2. The van der Waals surface area contributed by atoms with Crippen molar-refractivity contribution in [1.29, 1.82) is 0 Å². The van der Waals surface area contributed by atoms with Crippen LogP contribution in [0.1, 0.15) is 84.5 Å². The maximum Gasteiger partial charge on any atom is 0.333 e. The lowest BCUT2D eigenvalue weighted by atomic mass is 10.1. The van der Waals surface area contributed by atoms with Crippen LogP contribution in [0.15, 0.2) is 24.3 Å². The number of allylic oxidation sites excluding steroid dienone is 1. The van der Waals surface area contributed by atoms with Crippen molar-refractivity contribution in [2.45, 2.75) is 84.5 Å². The van der Waals surface area contributed by atoms with Crippen molar-refractivity contribution in [3.8, 4) is 0 Å². The molecular formula is C21H36O4. The van der Waals surface area contributed by atoms with Crippen LogP contribution in [0.2, 0.25) is 0 Å². The van der Waals surface area contributed by atoms with Gasteiger partial charge in [-0.3, -0.25) is 0 Å². The fourth-order valence-electron chi connectivity index (χ4n) is 2.48. The minimum atomic E-state index is -0.510. The molecule has 0 aliphatic carbocycles. The third-order valence-corrected chi connectivity index (χ3v) is 4.06. The molecule has 144 valence electrons. The molecule has 0 saturated heterocycles. The first-order chi connectivity index (χ1) is 12.1. The highest BCUT2D eigenvalue weighted by atomic mass is 16.6. The molecule has 0 unspecified atom stereocenters. The van der Waals surface area contributed by atoms with Crippen molar-refractivity contribution in [1.82, 2.24) is 0 Å². The molecule has 0 heterocycles. The van der Waals surface area contributed by atoms with E-state index in [0.29, 0.717) is 5.57 Å². The van der Waals surface area contributed by atoms with Gasteiger partial charge >= 0.3 is 11.9 Å². The van der Waals surface area contributed by atoms with Crippen molar-refractivity contribution < 1.29 is 19.1 Å². The van der Waals surface area contributed by atoms with Gasteiger partial charge in [0.25, 0.3) is 0 Å². The first kappa shape index (κ1) is 23.4. The van der Waals surface area contributed by atoms with E-state index in [1.54, 1.807) is 6.92 Å². The molecule has 0 spiro atoms. The van der Waals surface area contributed by atoms with Gasteiger partial charge < -0.3 is 9.47 Å². The van der Waals surface area contributed by atoms with Crippen LogP contribution in [0, 0.1) is 0 Å². The highest BCUT2D eigenvalue weighted by Crippen LogP contribution is 2.12. The zero-order chi connectivity index (χ0) is 18.8. The van der Waals surface area contributed by atoms with Crippen LogP contribution in [0.4, 0.5) is 0 Å². The SMILES string of the molecule is C=CC(=O)OCCOC(=O)C(C)=CCCCCCCCCCCCC. The van der Waals surface area contributed by atoms with Gasteiger partial charge in [-0.15, -0.1) is 0 Å². The molecule has 0 saturated carbocycles. The van der Waals surface area contributed by atoms with Gasteiger partial charge in [0.05, 0.1) is 0 Å². The third-order valence-electron chi connectivity index (χ3n) is 4.06. The lowest BCUT2D eigenvalue weighted by molar-refractivity contribution is -0.146. The van der Waals surface area contributed by atoms with E-state index in [2.05, 4.69) is 13.5 Å². The molecule has 0 radical (unpaired) electrons. The molecule has 4 heteroatoms. The predicted octanol–water partition coefficient (Wildman–Crippen LogP) is 5.52. The molecular weight excluding hydrogens is 316 g/mol. The van der Waals surface area contributed by atoms with E-state index < -0.39 is 5.97 Å². The van der Waals surface area contributed by atoms with Crippen molar-refractivity contribution >= 4 is 11.9 Å². The Morgan fingerprint density at radius 1 is 0.840 bits per heavy atom. The van der Waals surface area contributed by atoms with Crippen LogP contribution in [0.25, 0.3) is 0 Å². The molecule has 0 amide bonds. The number of hydrogen-bond acceptors (Lipinski definition) is 4.